The smallest absolute Gasteiger partial charge is 0.115 e. The number of nitrogens with zero attached hydrogens (tertiary/aromatic N) is 2. The summed E-state index contributed by atoms with van der Waals surface area (Å²) in [6, 6.07) is 0. The molecule has 0 aliphatic rings. The summed E-state index contributed by atoms with van der Waals surface area (Å²) in [5, 5.41) is 8.34. The van der Waals surface area contributed by atoms with Crippen LogP contribution in [0.25, 0.3) is 0 Å². The van der Waals surface area contributed by atoms with E-state index in [0.717, 1.165) is 11.3 Å². The summed E-state index contributed by atoms with van der Waals surface area (Å²) in [6.07, 6.45) is 3.15. The lowest BCUT2D eigenvalue weighted by Crippen LogP contribution is -2.08. The van der Waals surface area contributed by atoms with Crippen LogP contribution in [-0.4, -0.2) is 15.2 Å². The Morgan fingerprint density at radius 3 is 3.10 bits per heavy atom. The topological polar surface area (TPSA) is 58.0 Å². The number of nitrogens with one attached hydrogen (secondary N) is 1. The molecular weight excluding hydrogens is 130 g/mol. The van der Waals surface area contributed by atoms with Gasteiger partial charge >= 0.3 is 0 Å². The molecule has 4 heteroatoms. The van der Waals surface area contributed by atoms with Crippen LogP contribution in [0.2, 0.25) is 0 Å². The first-order valence-electron chi connectivity index (χ1n) is 2.97. The quantitative estimate of drug-likeness (QED) is 0.577. The van der Waals surface area contributed by atoms with Gasteiger partial charge in [-0.25, -0.2) is 15.4 Å². The van der Waals surface area contributed by atoms with Gasteiger partial charge in [-0.3, -0.25) is 0 Å². The molecule has 2 N–H and O–H groups in total. The molecule has 0 unspecified atom stereocenters. The molecule has 0 spiro atoms. The van der Waals surface area contributed by atoms with Gasteiger partial charge in [-0.2, -0.15) is 0 Å². The summed E-state index contributed by atoms with van der Waals surface area (Å²) < 4.78 is 0. The number of hydroxylamine groups is 1. The second kappa shape index (κ2) is 3.24. The fourth-order valence-corrected chi connectivity index (χ4v) is 0.678. The first kappa shape index (κ1) is 7.11. The Bertz CT molecular complexity index is 214. The minimum absolute atomic E-state index is 0.396. The third-order valence-electron chi connectivity index (χ3n) is 1.28. The number of aromatic nitrogens is 2. The Labute approximate surface area is 58.9 Å². The Morgan fingerprint density at radius 1 is 1.70 bits per heavy atom. The van der Waals surface area contributed by atoms with E-state index in [4.69, 9.17) is 5.21 Å². The minimum Gasteiger partial charge on any atom is -0.316 e. The monoisotopic (exact) mass is 139 g/mol. The maximum Gasteiger partial charge on any atom is 0.115 e. The fraction of sp³-hybridized carbons (Fsp3) is 0.333. The first-order chi connectivity index (χ1) is 4.84. The highest BCUT2D eigenvalue weighted by molar-refractivity contribution is 5.12. The summed E-state index contributed by atoms with van der Waals surface area (Å²) in [4.78, 5) is 7.74. The van der Waals surface area contributed by atoms with E-state index in [1.165, 1.54) is 6.33 Å². The highest BCUT2D eigenvalue weighted by Gasteiger charge is 1.95. The number of hydrogen-bond acceptors (Lipinski definition) is 4. The second-order valence-electron chi connectivity index (χ2n) is 1.97. The lowest BCUT2D eigenvalue weighted by Gasteiger charge is -1.99. The zero-order valence-corrected chi connectivity index (χ0v) is 5.70. The lowest BCUT2D eigenvalue weighted by atomic mass is 10.2. The van der Waals surface area contributed by atoms with Gasteiger partial charge in [-0.15, -0.1) is 0 Å². The van der Waals surface area contributed by atoms with Crippen molar-refractivity contribution in [3.05, 3.63) is 23.8 Å². The highest BCUT2D eigenvalue weighted by Crippen LogP contribution is 1.99. The first-order valence-corrected chi connectivity index (χ1v) is 2.97. The normalized spacial score (nSPS) is 9.80. The highest BCUT2D eigenvalue weighted by atomic mass is 16.5. The van der Waals surface area contributed by atoms with E-state index in [1.54, 1.807) is 6.20 Å². The summed E-state index contributed by atoms with van der Waals surface area (Å²) in [5.41, 5.74) is 3.84. The third-order valence-corrected chi connectivity index (χ3v) is 1.28. The van der Waals surface area contributed by atoms with Gasteiger partial charge < -0.3 is 5.21 Å². The molecule has 1 aromatic heterocycles. The van der Waals surface area contributed by atoms with E-state index in [2.05, 4.69) is 9.97 Å². The molecule has 0 bridgehead atoms. The van der Waals surface area contributed by atoms with E-state index in [1.807, 2.05) is 12.4 Å². The summed E-state index contributed by atoms with van der Waals surface area (Å²) >= 11 is 0. The van der Waals surface area contributed by atoms with Crippen LogP contribution in [-0.2, 0) is 6.54 Å². The molecule has 0 saturated heterocycles. The molecule has 10 heavy (non-hydrogen) atoms. The fourth-order valence-electron chi connectivity index (χ4n) is 0.678. The molecule has 0 fully saturated rings. The molecule has 0 saturated carbocycles. The van der Waals surface area contributed by atoms with Crippen LogP contribution in [0.3, 0.4) is 0 Å². The van der Waals surface area contributed by atoms with Crippen LogP contribution < -0.4 is 5.48 Å². The van der Waals surface area contributed by atoms with Crippen molar-refractivity contribution in [2.24, 2.45) is 0 Å². The van der Waals surface area contributed by atoms with Gasteiger partial charge in [-0.05, 0) is 6.92 Å². The summed E-state index contributed by atoms with van der Waals surface area (Å²) in [6.45, 7) is 2.26. The van der Waals surface area contributed by atoms with E-state index in [0.29, 0.717) is 6.54 Å². The number of aryl methyl sites for hydroxylation is 1. The van der Waals surface area contributed by atoms with Gasteiger partial charge in [-0.1, -0.05) is 0 Å². The minimum atomic E-state index is 0.396. The maximum absolute atomic E-state index is 8.34. The summed E-state index contributed by atoms with van der Waals surface area (Å²) in [7, 11) is 0. The van der Waals surface area contributed by atoms with Crippen molar-refractivity contribution in [2.45, 2.75) is 13.5 Å². The van der Waals surface area contributed by atoms with Gasteiger partial charge in [0.1, 0.15) is 6.33 Å². The van der Waals surface area contributed by atoms with E-state index in [9.17, 15) is 0 Å². The summed E-state index contributed by atoms with van der Waals surface area (Å²) in [5.74, 6) is 0. The zero-order valence-electron chi connectivity index (χ0n) is 5.70. The van der Waals surface area contributed by atoms with Crippen molar-refractivity contribution >= 4 is 0 Å². The standard InChI is InChI=1S/C6H9N3O/c1-5-6(3-9-10)2-7-4-8-5/h2,4,9-10H,3H2,1H3. The van der Waals surface area contributed by atoms with Crippen molar-refractivity contribution in [3.8, 4) is 0 Å². The Kier molecular flexibility index (Phi) is 2.30. The van der Waals surface area contributed by atoms with Crippen LogP contribution in [0.5, 0.6) is 0 Å². The molecule has 0 radical (unpaired) electrons. The average molecular weight is 139 g/mol. The van der Waals surface area contributed by atoms with Crippen molar-refractivity contribution in [1.29, 1.82) is 0 Å². The zero-order chi connectivity index (χ0) is 7.40. The van der Waals surface area contributed by atoms with E-state index < -0.39 is 0 Å². The van der Waals surface area contributed by atoms with Gasteiger partial charge in [0.25, 0.3) is 0 Å². The van der Waals surface area contributed by atoms with Gasteiger partial charge in [0.2, 0.25) is 0 Å². The van der Waals surface area contributed by atoms with Crippen molar-refractivity contribution < 1.29 is 5.21 Å². The Hall–Kier alpha value is -1.00. The molecule has 54 valence electrons. The molecule has 1 rings (SSSR count). The van der Waals surface area contributed by atoms with Crippen molar-refractivity contribution in [2.75, 3.05) is 0 Å². The molecule has 0 aliphatic carbocycles. The van der Waals surface area contributed by atoms with Crippen molar-refractivity contribution in [1.82, 2.24) is 15.4 Å². The van der Waals surface area contributed by atoms with Crippen LogP contribution in [0.15, 0.2) is 12.5 Å². The second-order valence-corrected chi connectivity index (χ2v) is 1.97. The van der Waals surface area contributed by atoms with Gasteiger partial charge in [0.15, 0.2) is 0 Å². The van der Waals surface area contributed by atoms with Gasteiger partial charge in [0, 0.05) is 24.0 Å². The van der Waals surface area contributed by atoms with E-state index >= 15 is 0 Å². The lowest BCUT2D eigenvalue weighted by molar-refractivity contribution is 0.161. The largest absolute Gasteiger partial charge is 0.316 e. The van der Waals surface area contributed by atoms with Crippen LogP contribution in [0, 0.1) is 6.92 Å². The molecule has 4 nitrogen and oxygen atoms in total. The van der Waals surface area contributed by atoms with Gasteiger partial charge in [0.05, 0.1) is 0 Å². The molecule has 0 atom stereocenters. The Balaban J connectivity index is 2.81. The van der Waals surface area contributed by atoms with E-state index in [-0.39, 0.29) is 0 Å². The molecule has 0 amide bonds. The number of rotatable bonds is 2. The predicted molar refractivity (Wildman–Crippen MR) is 35.4 cm³/mol. The molecule has 0 aromatic carbocycles. The van der Waals surface area contributed by atoms with Crippen molar-refractivity contribution in [3.63, 3.8) is 0 Å². The average Bonchev–Trinajstić information content (AvgIpc) is 1.94. The molecular formula is C6H9N3O. The SMILES string of the molecule is Cc1ncncc1CNO. The maximum atomic E-state index is 8.34. The van der Waals surface area contributed by atoms with Crippen LogP contribution >= 0.6 is 0 Å². The third kappa shape index (κ3) is 1.49. The molecule has 0 aliphatic heterocycles. The molecule has 1 aromatic rings. The Morgan fingerprint density at radius 2 is 2.50 bits per heavy atom. The van der Waals surface area contributed by atoms with Crippen LogP contribution in [0.1, 0.15) is 11.3 Å². The van der Waals surface area contributed by atoms with Crippen LogP contribution in [0.4, 0.5) is 0 Å². The molecule has 1 heterocycles. The number of hydrogen-bond donors (Lipinski definition) is 2. The predicted octanol–water partition coefficient (Wildman–Crippen LogP) is 0.264.